The number of halogens is 1. The van der Waals surface area contributed by atoms with Gasteiger partial charge in [0.05, 0.1) is 5.52 Å². The molecule has 3 aromatic rings. The Morgan fingerprint density at radius 3 is 2.56 bits per heavy atom. The van der Waals surface area contributed by atoms with E-state index in [2.05, 4.69) is 42.2 Å². The van der Waals surface area contributed by atoms with Crippen molar-refractivity contribution in [1.82, 2.24) is 9.88 Å². The second-order valence-electron chi connectivity index (χ2n) is 8.50. The smallest absolute Gasteiger partial charge is 0.262 e. The summed E-state index contributed by atoms with van der Waals surface area (Å²) in [4.78, 5) is 21.9. The van der Waals surface area contributed by atoms with E-state index in [1.165, 1.54) is 0 Å². The number of carbonyl (C=O) groups is 1. The second kappa shape index (κ2) is 9.76. The third-order valence-electron chi connectivity index (χ3n) is 5.99. The van der Waals surface area contributed by atoms with Crippen LogP contribution in [-0.4, -0.2) is 55.6 Å². The Labute approximate surface area is 194 Å². The van der Waals surface area contributed by atoms with Crippen molar-refractivity contribution >= 4 is 39.9 Å². The number of benzene rings is 2. The molecule has 2 heterocycles. The molecule has 1 saturated heterocycles. The third-order valence-corrected chi connectivity index (χ3v) is 6.24. The van der Waals surface area contributed by atoms with Crippen LogP contribution in [0.25, 0.3) is 10.9 Å². The highest BCUT2D eigenvalue weighted by atomic mass is 35.5. The van der Waals surface area contributed by atoms with Gasteiger partial charge in [0.25, 0.3) is 5.91 Å². The van der Waals surface area contributed by atoms with Crippen LogP contribution in [-0.2, 0) is 4.79 Å². The van der Waals surface area contributed by atoms with Crippen LogP contribution in [0.3, 0.4) is 0 Å². The first-order valence-corrected chi connectivity index (χ1v) is 11.3. The van der Waals surface area contributed by atoms with Crippen molar-refractivity contribution in [2.24, 2.45) is 0 Å². The van der Waals surface area contributed by atoms with Crippen molar-refractivity contribution < 1.29 is 9.53 Å². The minimum absolute atomic E-state index is 0.0707. The molecule has 1 aromatic heterocycles. The normalized spacial score (nSPS) is 14.7. The second-order valence-corrected chi connectivity index (χ2v) is 8.94. The van der Waals surface area contributed by atoms with E-state index >= 15 is 0 Å². The summed E-state index contributed by atoms with van der Waals surface area (Å²) in [6, 6.07) is 15.5. The highest BCUT2D eigenvalue weighted by molar-refractivity contribution is 6.30. The molecule has 1 N–H and O–H groups in total. The number of pyridine rings is 1. The number of nitrogens with zero attached hydrogens (tertiary/aromatic N) is 3. The first kappa shape index (κ1) is 22.4. The lowest BCUT2D eigenvalue weighted by Gasteiger charge is -2.36. The third kappa shape index (κ3) is 5.31. The van der Waals surface area contributed by atoms with E-state index in [0.29, 0.717) is 16.8 Å². The van der Waals surface area contributed by atoms with Crippen molar-refractivity contribution in [2.45, 2.75) is 25.8 Å². The van der Waals surface area contributed by atoms with Gasteiger partial charge < -0.3 is 19.9 Å². The maximum absolute atomic E-state index is 12.3. The number of ether oxygens (including phenoxy) is 1. The van der Waals surface area contributed by atoms with Crippen molar-refractivity contribution in [2.75, 3.05) is 44.0 Å². The highest BCUT2D eigenvalue weighted by Crippen LogP contribution is 2.27. The molecule has 168 valence electrons. The number of amides is 1. The molecule has 0 spiro atoms. The monoisotopic (exact) mass is 452 g/mol. The van der Waals surface area contributed by atoms with Gasteiger partial charge in [-0.05, 0) is 88.0 Å². The average molecular weight is 453 g/mol. The van der Waals surface area contributed by atoms with Crippen molar-refractivity contribution in [1.29, 1.82) is 0 Å². The molecular weight excluding hydrogens is 424 g/mol. The molecule has 1 amide bonds. The summed E-state index contributed by atoms with van der Waals surface area (Å²) in [5, 5.41) is 4.57. The van der Waals surface area contributed by atoms with Crippen LogP contribution >= 0.6 is 11.6 Å². The fourth-order valence-corrected chi connectivity index (χ4v) is 4.23. The molecule has 0 aliphatic carbocycles. The number of anilines is 2. The molecule has 4 rings (SSSR count). The fraction of sp³-hybridized carbons (Fsp3) is 0.360. The molecule has 1 fully saturated rings. The minimum atomic E-state index is -0.217. The van der Waals surface area contributed by atoms with Gasteiger partial charge in [0, 0.05) is 35.2 Å². The number of hydrogen-bond acceptors (Lipinski definition) is 5. The maximum atomic E-state index is 12.3. The number of hydrogen-bond donors (Lipinski definition) is 1. The number of aryl methyl sites for hydroxylation is 1. The van der Waals surface area contributed by atoms with E-state index in [0.717, 1.165) is 53.9 Å². The van der Waals surface area contributed by atoms with Gasteiger partial charge in [-0.1, -0.05) is 11.6 Å². The molecule has 7 heteroatoms. The van der Waals surface area contributed by atoms with Crippen LogP contribution in [0.5, 0.6) is 5.75 Å². The van der Waals surface area contributed by atoms with Gasteiger partial charge in [-0.25, -0.2) is 4.98 Å². The Morgan fingerprint density at radius 1 is 1.16 bits per heavy atom. The van der Waals surface area contributed by atoms with Gasteiger partial charge in [0.2, 0.25) is 0 Å². The molecule has 0 atom stereocenters. The molecule has 2 aromatic carbocycles. The van der Waals surface area contributed by atoms with Gasteiger partial charge in [0.15, 0.2) is 6.61 Å². The van der Waals surface area contributed by atoms with Gasteiger partial charge in [-0.3, -0.25) is 4.79 Å². The Balaban J connectivity index is 1.41. The number of rotatable bonds is 6. The van der Waals surface area contributed by atoms with Gasteiger partial charge in [-0.2, -0.15) is 0 Å². The zero-order valence-corrected chi connectivity index (χ0v) is 19.5. The quantitative estimate of drug-likeness (QED) is 0.585. The van der Waals surface area contributed by atoms with Crippen molar-refractivity contribution in [3.63, 3.8) is 0 Å². The number of nitrogens with one attached hydrogen (secondary N) is 1. The molecule has 1 aliphatic rings. The van der Waals surface area contributed by atoms with Crippen LogP contribution in [0.1, 0.15) is 18.4 Å². The predicted molar refractivity (Wildman–Crippen MR) is 131 cm³/mol. The summed E-state index contributed by atoms with van der Waals surface area (Å²) in [5.74, 6) is 1.41. The minimum Gasteiger partial charge on any atom is -0.484 e. The fourth-order valence-electron chi connectivity index (χ4n) is 4.10. The van der Waals surface area contributed by atoms with Gasteiger partial charge >= 0.3 is 0 Å². The molecule has 1 aliphatic heterocycles. The summed E-state index contributed by atoms with van der Waals surface area (Å²) in [6.07, 6.45) is 2.30. The molecule has 6 nitrogen and oxygen atoms in total. The zero-order valence-electron chi connectivity index (χ0n) is 18.8. The Bertz CT molecular complexity index is 1090. The topological polar surface area (TPSA) is 57.7 Å². The Hall–Kier alpha value is -2.83. The average Bonchev–Trinajstić information content (AvgIpc) is 2.79. The number of fused-ring (bicyclic) bond motifs is 1. The van der Waals surface area contributed by atoms with Crippen molar-refractivity contribution in [3.05, 3.63) is 59.1 Å². The lowest BCUT2D eigenvalue weighted by molar-refractivity contribution is -0.118. The van der Waals surface area contributed by atoms with Gasteiger partial charge in [-0.15, -0.1) is 0 Å². The van der Waals surface area contributed by atoms with Gasteiger partial charge in [0.1, 0.15) is 11.6 Å². The molecule has 0 radical (unpaired) electrons. The van der Waals surface area contributed by atoms with E-state index in [1.54, 1.807) is 24.3 Å². The molecule has 0 bridgehead atoms. The van der Waals surface area contributed by atoms with E-state index in [1.807, 2.05) is 18.2 Å². The van der Waals surface area contributed by atoms with Crippen LogP contribution in [0, 0.1) is 6.92 Å². The lowest BCUT2D eigenvalue weighted by atomic mass is 10.0. The van der Waals surface area contributed by atoms with E-state index in [4.69, 9.17) is 21.3 Å². The molecular formula is C25H29ClN4O2. The van der Waals surface area contributed by atoms with Crippen LogP contribution in [0.15, 0.2) is 48.5 Å². The van der Waals surface area contributed by atoms with E-state index < -0.39 is 0 Å². The van der Waals surface area contributed by atoms with Crippen LogP contribution in [0.2, 0.25) is 5.02 Å². The summed E-state index contributed by atoms with van der Waals surface area (Å²) >= 11 is 5.87. The summed E-state index contributed by atoms with van der Waals surface area (Å²) in [6.45, 7) is 4.05. The standard InChI is InChI=1S/C25H29ClN4O2/c1-17-14-24(30-12-10-20(11-13-30)29(2)3)28-23-9-6-19(15-22(17)23)27-25(31)16-32-21-7-4-18(26)5-8-21/h4-9,14-15,20H,10-13,16H2,1-3H3,(H,27,31). The van der Waals surface area contributed by atoms with Crippen LogP contribution in [0.4, 0.5) is 11.5 Å². The summed E-state index contributed by atoms with van der Waals surface area (Å²) < 4.78 is 5.52. The van der Waals surface area contributed by atoms with Crippen molar-refractivity contribution in [3.8, 4) is 5.75 Å². The summed E-state index contributed by atoms with van der Waals surface area (Å²) in [5.41, 5.74) is 2.81. The zero-order chi connectivity index (χ0) is 22.7. The Morgan fingerprint density at radius 2 is 1.88 bits per heavy atom. The number of aromatic nitrogens is 1. The summed E-state index contributed by atoms with van der Waals surface area (Å²) in [7, 11) is 4.30. The molecule has 32 heavy (non-hydrogen) atoms. The number of piperidine rings is 1. The first-order valence-electron chi connectivity index (χ1n) is 10.9. The Kier molecular flexibility index (Phi) is 6.82. The predicted octanol–water partition coefficient (Wildman–Crippen LogP) is 4.74. The van der Waals surface area contributed by atoms with E-state index in [9.17, 15) is 4.79 Å². The van der Waals surface area contributed by atoms with Crippen LogP contribution < -0.4 is 15.0 Å². The SMILES string of the molecule is Cc1cc(N2CCC(N(C)C)CC2)nc2ccc(NC(=O)COc3ccc(Cl)cc3)cc12. The molecule has 0 saturated carbocycles. The molecule has 0 unspecified atom stereocenters. The van der Waals surface area contributed by atoms with E-state index in [-0.39, 0.29) is 12.5 Å². The lowest BCUT2D eigenvalue weighted by Crippen LogP contribution is -2.42. The highest BCUT2D eigenvalue weighted by Gasteiger charge is 2.22. The largest absolute Gasteiger partial charge is 0.484 e. The first-order chi connectivity index (χ1) is 15.4. The number of carbonyl (C=O) groups excluding carboxylic acids is 1. The maximum Gasteiger partial charge on any atom is 0.262 e.